The second-order valence-corrected chi connectivity index (χ2v) is 6.04. The minimum Gasteiger partial charge on any atom is -0.379 e. The Kier molecular flexibility index (Phi) is 3.45. The van der Waals surface area contributed by atoms with E-state index in [2.05, 4.69) is 11.8 Å². The second kappa shape index (κ2) is 5.04. The van der Waals surface area contributed by atoms with Crippen LogP contribution in [-0.4, -0.2) is 42.2 Å². The highest BCUT2D eigenvalue weighted by Crippen LogP contribution is 2.29. The van der Waals surface area contributed by atoms with Gasteiger partial charge in [0, 0.05) is 24.0 Å². The molecule has 0 spiro atoms. The van der Waals surface area contributed by atoms with Gasteiger partial charge in [0.05, 0.1) is 23.9 Å². The highest BCUT2D eigenvalue weighted by molar-refractivity contribution is 7.11. The highest BCUT2D eigenvalue weighted by atomic mass is 32.1. The van der Waals surface area contributed by atoms with Crippen LogP contribution in [0.3, 0.4) is 0 Å². The number of aromatic nitrogens is 1. The fourth-order valence-corrected chi connectivity index (χ4v) is 3.94. The standard InChI is InChI=1S/C13H20N2OS/c1-2-13-14-11-4-3-10(9-12(11)17-13)15-5-7-16-8-6-15/h10H,2-9H2,1H3. The molecule has 3 nitrogen and oxygen atoms in total. The monoisotopic (exact) mass is 252 g/mol. The molecular formula is C13H20N2OS. The molecule has 0 radical (unpaired) electrons. The molecule has 4 heteroatoms. The lowest BCUT2D eigenvalue weighted by atomic mass is 9.96. The number of thiazole rings is 1. The van der Waals surface area contributed by atoms with Gasteiger partial charge >= 0.3 is 0 Å². The molecule has 0 amide bonds. The molecule has 1 atom stereocenters. The molecule has 1 unspecified atom stereocenters. The number of hydrogen-bond donors (Lipinski definition) is 0. The Morgan fingerprint density at radius 1 is 1.41 bits per heavy atom. The summed E-state index contributed by atoms with van der Waals surface area (Å²) in [5.74, 6) is 0. The smallest absolute Gasteiger partial charge is 0.0928 e. The molecule has 94 valence electrons. The van der Waals surface area contributed by atoms with Crippen LogP contribution in [0, 0.1) is 0 Å². The van der Waals surface area contributed by atoms with Crippen molar-refractivity contribution in [1.82, 2.24) is 9.88 Å². The Morgan fingerprint density at radius 2 is 2.24 bits per heavy atom. The van der Waals surface area contributed by atoms with E-state index in [1.807, 2.05) is 11.3 Å². The largest absolute Gasteiger partial charge is 0.379 e. The summed E-state index contributed by atoms with van der Waals surface area (Å²) in [5.41, 5.74) is 1.39. The molecule has 1 aliphatic carbocycles. The first-order valence-corrected chi connectivity index (χ1v) is 7.47. The maximum atomic E-state index is 5.43. The Balaban J connectivity index is 1.70. The van der Waals surface area contributed by atoms with Gasteiger partial charge in [-0.05, 0) is 25.7 Å². The van der Waals surface area contributed by atoms with Gasteiger partial charge in [0.15, 0.2) is 0 Å². The number of morpholine rings is 1. The van der Waals surface area contributed by atoms with Gasteiger partial charge in [-0.25, -0.2) is 4.98 Å². The van der Waals surface area contributed by atoms with Crippen LogP contribution >= 0.6 is 11.3 Å². The zero-order valence-corrected chi connectivity index (χ0v) is 11.3. The molecule has 0 saturated carbocycles. The lowest BCUT2D eigenvalue weighted by Gasteiger charge is -2.36. The molecule has 1 aliphatic heterocycles. The summed E-state index contributed by atoms with van der Waals surface area (Å²) < 4.78 is 5.43. The van der Waals surface area contributed by atoms with Crippen LogP contribution in [0.5, 0.6) is 0 Å². The van der Waals surface area contributed by atoms with Crippen molar-refractivity contribution in [2.24, 2.45) is 0 Å². The van der Waals surface area contributed by atoms with Gasteiger partial charge in [0.1, 0.15) is 0 Å². The summed E-state index contributed by atoms with van der Waals surface area (Å²) in [6.45, 7) is 6.24. The first-order chi connectivity index (χ1) is 8.36. The number of aryl methyl sites for hydroxylation is 2. The van der Waals surface area contributed by atoms with E-state index in [1.54, 1.807) is 4.88 Å². The van der Waals surface area contributed by atoms with Gasteiger partial charge < -0.3 is 4.74 Å². The van der Waals surface area contributed by atoms with Crippen LogP contribution in [0.4, 0.5) is 0 Å². The lowest BCUT2D eigenvalue weighted by molar-refractivity contribution is 0.0138. The first kappa shape index (κ1) is 11.6. The summed E-state index contributed by atoms with van der Waals surface area (Å²) in [5, 5.41) is 1.32. The number of hydrogen-bond acceptors (Lipinski definition) is 4. The minimum atomic E-state index is 0.733. The van der Waals surface area contributed by atoms with Crippen molar-refractivity contribution in [3.8, 4) is 0 Å². The molecule has 1 fully saturated rings. The van der Waals surface area contributed by atoms with E-state index in [1.165, 1.54) is 30.0 Å². The second-order valence-electron chi connectivity index (χ2n) is 4.88. The maximum absolute atomic E-state index is 5.43. The molecule has 0 bridgehead atoms. The number of ether oxygens (including phenoxy) is 1. The van der Waals surface area contributed by atoms with Crippen LogP contribution in [-0.2, 0) is 24.0 Å². The predicted molar refractivity (Wildman–Crippen MR) is 69.7 cm³/mol. The Bertz CT molecular complexity index is 385. The van der Waals surface area contributed by atoms with E-state index in [9.17, 15) is 0 Å². The van der Waals surface area contributed by atoms with E-state index in [-0.39, 0.29) is 0 Å². The van der Waals surface area contributed by atoms with Gasteiger partial charge in [0.25, 0.3) is 0 Å². The van der Waals surface area contributed by atoms with Crippen LogP contribution in [0.15, 0.2) is 0 Å². The highest BCUT2D eigenvalue weighted by Gasteiger charge is 2.27. The summed E-state index contributed by atoms with van der Waals surface area (Å²) >= 11 is 1.93. The maximum Gasteiger partial charge on any atom is 0.0928 e. The van der Waals surface area contributed by atoms with Crippen molar-refractivity contribution in [3.63, 3.8) is 0 Å². The summed E-state index contributed by atoms with van der Waals surface area (Å²) in [4.78, 5) is 8.88. The fraction of sp³-hybridized carbons (Fsp3) is 0.769. The Morgan fingerprint density at radius 3 is 3.00 bits per heavy atom. The average Bonchev–Trinajstić information content (AvgIpc) is 2.81. The van der Waals surface area contributed by atoms with Gasteiger partial charge in [-0.3, -0.25) is 4.90 Å². The minimum absolute atomic E-state index is 0.733. The Labute approximate surface area is 107 Å². The molecule has 2 heterocycles. The molecular weight excluding hydrogens is 232 g/mol. The van der Waals surface area contributed by atoms with Crippen LogP contribution in [0.25, 0.3) is 0 Å². The van der Waals surface area contributed by atoms with Crippen LogP contribution in [0.2, 0.25) is 0 Å². The summed E-state index contributed by atoms with van der Waals surface area (Å²) in [6.07, 6.45) is 4.75. The average molecular weight is 252 g/mol. The van der Waals surface area contributed by atoms with Gasteiger partial charge in [-0.15, -0.1) is 11.3 Å². The van der Waals surface area contributed by atoms with Crippen molar-refractivity contribution < 1.29 is 4.74 Å². The van der Waals surface area contributed by atoms with Crippen LogP contribution in [0.1, 0.15) is 28.9 Å². The molecule has 2 aliphatic rings. The van der Waals surface area contributed by atoms with Gasteiger partial charge in [-0.1, -0.05) is 6.92 Å². The SMILES string of the molecule is CCc1nc2c(s1)CC(N1CCOCC1)CC2. The third-order valence-electron chi connectivity index (χ3n) is 3.82. The summed E-state index contributed by atoms with van der Waals surface area (Å²) in [6, 6.07) is 0.733. The van der Waals surface area contributed by atoms with Gasteiger partial charge in [-0.2, -0.15) is 0 Å². The third kappa shape index (κ3) is 2.39. The molecule has 17 heavy (non-hydrogen) atoms. The van der Waals surface area contributed by atoms with Crippen molar-refractivity contribution in [1.29, 1.82) is 0 Å². The van der Waals surface area contributed by atoms with Crippen molar-refractivity contribution in [2.45, 2.75) is 38.6 Å². The normalized spacial score (nSPS) is 25.8. The fourth-order valence-electron chi connectivity index (χ4n) is 2.82. The van der Waals surface area contributed by atoms with E-state index < -0.39 is 0 Å². The first-order valence-electron chi connectivity index (χ1n) is 6.66. The quantitative estimate of drug-likeness (QED) is 0.804. The Hall–Kier alpha value is -0.450. The molecule has 1 saturated heterocycles. The molecule has 1 aromatic rings. The van der Waals surface area contributed by atoms with E-state index in [0.29, 0.717) is 0 Å². The van der Waals surface area contributed by atoms with Crippen LogP contribution < -0.4 is 0 Å². The lowest BCUT2D eigenvalue weighted by Crippen LogP contribution is -2.45. The van der Waals surface area contributed by atoms with E-state index >= 15 is 0 Å². The predicted octanol–water partition coefficient (Wildman–Crippen LogP) is 1.90. The third-order valence-corrected chi connectivity index (χ3v) is 5.09. The van der Waals surface area contributed by atoms with Gasteiger partial charge in [0.2, 0.25) is 0 Å². The number of fused-ring (bicyclic) bond motifs is 1. The zero-order valence-electron chi connectivity index (χ0n) is 10.4. The number of nitrogens with zero attached hydrogens (tertiary/aromatic N) is 2. The molecule has 1 aromatic heterocycles. The van der Waals surface area contributed by atoms with E-state index in [0.717, 1.165) is 38.8 Å². The van der Waals surface area contributed by atoms with Crippen molar-refractivity contribution in [2.75, 3.05) is 26.3 Å². The number of rotatable bonds is 2. The molecule has 0 aromatic carbocycles. The zero-order chi connectivity index (χ0) is 11.7. The molecule has 0 N–H and O–H groups in total. The van der Waals surface area contributed by atoms with E-state index in [4.69, 9.17) is 9.72 Å². The van der Waals surface area contributed by atoms with Crippen molar-refractivity contribution in [3.05, 3.63) is 15.6 Å². The van der Waals surface area contributed by atoms with Crippen molar-refractivity contribution >= 4 is 11.3 Å². The summed E-state index contributed by atoms with van der Waals surface area (Å²) in [7, 11) is 0. The molecule has 3 rings (SSSR count). The topological polar surface area (TPSA) is 25.4 Å².